The number of carbonyl (C=O) groups excluding carboxylic acids is 2. The van der Waals surface area contributed by atoms with E-state index >= 15 is 0 Å². The molecule has 1 fully saturated rings. The molecule has 2 aliphatic heterocycles. The second kappa shape index (κ2) is 9.48. The van der Waals surface area contributed by atoms with Crippen LogP contribution in [-0.4, -0.2) is 51.0 Å². The van der Waals surface area contributed by atoms with Crippen LogP contribution in [0, 0.1) is 0 Å². The molecular formula is C22H23N3O6. The lowest BCUT2D eigenvalue weighted by molar-refractivity contribution is 0.0600. The molecule has 2 aromatic rings. The van der Waals surface area contributed by atoms with Crippen LogP contribution in [0.15, 0.2) is 47.5 Å². The molecule has 1 amide bonds. The van der Waals surface area contributed by atoms with Crippen LogP contribution in [0.3, 0.4) is 0 Å². The summed E-state index contributed by atoms with van der Waals surface area (Å²) in [6, 6.07) is 11.6. The number of carbonyl (C=O) groups is 2. The molecule has 9 heteroatoms. The Morgan fingerprint density at radius 3 is 2.61 bits per heavy atom. The van der Waals surface area contributed by atoms with Crippen LogP contribution in [0.1, 0.15) is 33.6 Å². The quantitative estimate of drug-likeness (QED) is 0.431. The number of esters is 1. The van der Waals surface area contributed by atoms with Crippen molar-refractivity contribution in [2.24, 2.45) is 4.99 Å². The van der Waals surface area contributed by atoms with Crippen molar-refractivity contribution in [3.05, 3.63) is 53.6 Å². The monoisotopic (exact) mass is 425 g/mol. The van der Waals surface area contributed by atoms with Gasteiger partial charge in [0.2, 0.25) is 12.8 Å². The van der Waals surface area contributed by atoms with E-state index in [4.69, 9.17) is 14.2 Å². The number of anilines is 1. The summed E-state index contributed by atoms with van der Waals surface area (Å²) in [4.78, 5) is 28.9. The Morgan fingerprint density at radius 1 is 1.10 bits per heavy atom. The Kier molecular flexibility index (Phi) is 6.32. The fourth-order valence-electron chi connectivity index (χ4n) is 3.26. The zero-order valence-electron chi connectivity index (χ0n) is 17.1. The molecule has 0 spiro atoms. The van der Waals surface area contributed by atoms with Crippen molar-refractivity contribution < 1.29 is 28.5 Å². The zero-order valence-corrected chi connectivity index (χ0v) is 17.1. The normalized spacial score (nSPS) is 17.3. The zero-order chi connectivity index (χ0) is 21.6. The third-order valence-corrected chi connectivity index (χ3v) is 4.91. The third kappa shape index (κ3) is 5.13. The van der Waals surface area contributed by atoms with Gasteiger partial charge in [-0.15, -0.1) is 0 Å². The summed E-state index contributed by atoms with van der Waals surface area (Å²) in [5.41, 5.74) is 1.44. The standard InChI is InChI=1S/C22H23N3O6/c1-28-21(27)15-6-4-14(5-7-15)20(26)25-22(23-12-17-3-2-10-29-17)24-16-8-9-18-19(11-16)31-13-30-18/h4-9,11,17H,2-3,10,12-13H2,1H3,(H2,23,24,25,26). The molecule has 0 aliphatic carbocycles. The highest BCUT2D eigenvalue weighted by atomic mass is 16.7. The molecule has 2 aromatic carbocycles. The second-order valence-corrected chi connectivity index (χ2v) is 7.04. The van der Waals surface area contributed by atoms with Crippen LogP contribution >= 0.6 is 0 Å². The van der Waals surface area contributed by atoms with Crippen LogP contribution in [-0.2, 0) is 9.47 Å². The van der Waals surface area contributed by atoms with Crippen molar-refractivity contribution in [3.63, 3.8) is 0 Å². The van der Waals surface area contributed by atoms with Crippen molar-refractivity contribution in [3.8, 4) is 11.5 Å². The molecule has 0 bridgehead atoms. The van der Waals surface area contributed by atoms with Gasteiger partial charge in [0.25, 0.3) is 5.91 Å². The van der Waals surface area contributed by atoms with E-state index in [1.165, 1.54) is 19.2 Å². The lowest BCUT2D eigenvalue weighted by Gasteiger charge is -2.14. The van der Waals surface area contributed by atoms with Crippen LogP contribution in [0.4, 0.5) is 5.69 Å². The van der Waals surface area contributed by atoms with Gasteiger partial charge < -0.3 is 24.3 Å². The number of hydrogen-bond acceptors (Lipinski definition) is 7. The first-order valence-corrected chi connectivity index (χ1v) is 9.95. The molecule has 31 heavy (non-hydrogen) atoms. The molecule has 162 valence electrons. The van der Waals surface area contributed by atoms with E-state index in [1.54, 1.807) is 24.3 Å². The number of guanidine groups is 1. The summed E-state index contributed by atoms with van der Waals surface area (Å²) >= 11 is 0. The highest BCUT2D eigenvalue weighted by Crippen LogP contribution is 2.34. The summed E-state index contributed by atoms with van der Waals surface area (Å²) in [5.74, 6) is 0.744. The number of aliphatic imine (C=N–C) groups is 1. The van der Waals surface area contributed by atoms with Crippen molar-refractivity contribution in [1.82, 2.24) is 5.32 Å². The largest absolute Gasteiger partial charge is 0.465 e. The molecule has 1 atom stereocenters. The smallest absolute Gasteiger partial charge is 0.337 e. The summed E-state index contributed by atoms with van der Waals surface area (Å²) < 4.78 is 21.0. The minimum Gasteiger partial charge on any atom is -0.465 e. The van der Waals surface area contributed by atoms with Gasteiger partial charge in [0.05, 0.1) is 25.3 Å². The number of hydrogen-bond donors (Lipinski definition) is 2. The van der Waals surface area contributed by atoms with Gasteiger partial charge in [-0.1, -0.05) is 0 Å². The number of amides is 1. The Bertz CT molecular complexity index is 983. The van der Waals surface area contributed by atoms with E-state index in [-0.39, 0.29) is 24.8 Å². The summed E-state index contributed by atoms with van der Waals surface area (Å²) in [6.45, 7) is 1.33. The highest BCUT2D eigenvalue weighted by Gasteiger charge is 2.18. The predicted molar refractivity (Wildman–Crippen MR) is 113 cm³/mol. The van der Waals surface area contributed by atoms with Gasteiger partial charge in [0.1, 0.15) is 0 Å². The Balaban J connectivity index is 1.48. The number of benzene rings is 2. The Morgan fingerprint density at radius 2 is 1.87 bits per heavy atom. The Labute approximate surface area is 179 Å². The number of methoxy groups -OCH3 is 1. The first-order chi connectivity index (χ1) is 15.1. The van der Waals surface area contributed by atoms with Crippen LogP contribution < -0.4 is 20.1 Å². The maximum absolute atomic E-state index is 12.8. The number of rotatable bonds is 5. The number of nitrogens with zero attached hydrogens (tertiary/aromatic N) is 1. The Hall–Kier alpha value is -3.59. The highest BCUT2D eigenvalue weighted by molar-refractivity contribution is 6.10. The third-order valence-electron chi connectivity index (χ3n) is 4.91. The molecule has 4 rings (SSSR count). The van der Waals surface area contributed by atoms with Crippen molar-refractivity contribution in [2.45, 2.75) is 18.9 Å². The lowest BCUT2D eigenvalue weighted by atomic mass is 10.1. The molecule has 0 aromatic heterocycles. The fraction of sp³-hybridized carbons (Fsp3) is 0.318. The number of fused-ring (bicyclic) bond motifs is 1. The van der Waals surface area contributed by atoms with E-state index in [0.717, 1.165) is 19.4 Å². The van der Waals surface area contributed by atoms with E-state index in [2.05, 4.69) is 20.4 Å². The summed E-state index contributed by atoms with van der Waals surface area (Å²) in [6.07, 6.45) is 1.97. The van der Waals surface area contributed by atoms with Crippen LogP contribution in [0.25, 0.3) is 0 Å². The molecule has 2 N–H and O–H groups in total. The molecule has 1 saturated heterocycles. The first-order valence-electron chi connectivity index (χ1n) is 9.95. The number of nitrogens with one attached hydrogen (secondary N) is 2. The van der Waals surface area contributed by atoms with Gasteiger partial charge in [0, 0.05) is 23.9 Å². The molecule has 2 heterocycles. The van der Waals surface area contributed by atoms with Gasteiger partial charge >= 0.3 is 5.97 Å². The molecular weight excluding hydrogens is 402 g/mol. The first kappa shape index (κ1) is 20.7. The summed E-state index contributed by atoms with van der Waals surface area (Å²) in [7, 11) is 1.31. The maximum Gasteiger partial charge on any atom is 0.337 e. The SMILES string of the molecule is COC(=O)c1ccc(C(=O)NC(=NCC2CCCO2)Nc2ccc3c(c2)OCO3)cc1. The average Bonchev–Trinajstić information content (AvgIpc) is 3.48. The van der Waals surface area contributed by atoms with Crippen molar-refractivity contribution in [1.29, 1.82) is 0 Å². The molecule has 2 aliphatic rings. The van der Waals surface area contributed by atoms with Crippen LogP contribution in [0.2, 0.25) is 0 Å². The predicted octanol–water partition coefficient (Wildman–Crippen LogP) is 2.58. The summed E-state index contributed by atoms with van der Waals surface area (Å²) in [5, 5.41) is 5.92. The van der Waals surface area contributed by atoms with E-state index < -0.39 is 5.97 Å². The number of ether oxygens (including phenoxy) is 4. The van der Waals surface area contributed by atoms with Crippen LogP contribution in [0.5, 0.6) is 11.5 Å². The van der Waals surface area contributed by atoms with Gasteiger partial charge in [-0.05, 0) is 49.2 Å². The van der Waals surface area contributed by atoms with Gasteiger partial charge in [-0.2, -0.15) is 0 Å². The van der Waals surface area contributed by atoms with E-state index in [1.807, 2.05) is 6.07 Å². The van der Waals surface area contributed by atoms with Crippen molar-refractivity contribution in [2.75, 3.05) is 32.4 Å². The second-order valence-electron chi connectivity index (χ2n) is 7.04. The lowest BCUT2D eigenvalue weighted by Crippen LogP contribution is -2.36. The average molecular weight is 425 g/mol. The van der Waals surface area contributed by atoms with Gasteiger partial charge in [0.15, 0.2) is 11.5 Å². The molecule has 0 radical (unpaired) electrons. The van der Waals surface area contributed by atoms with Gasteiger partial charge in [-0.25, -0.2) is 9.79 Å². The molecule has 9 nitrogen and oxygen atoms in total. The van der Waals surface area contributed by atoms with Gasteiger partial charge in [-0.3, -0.25) is 10.1 Å². The molecule has 0 saturated carbocycles. The van der Waals surface area contributed by atoms with E-state index in [0.29, 0.717) is 34.9 Å². The van der Waals surface area contributed by atoms with Crippen molar-refractivity contribution >= 4 is 23.5 Å². The fourth-order valence-corrected chi connectivity index (χ4v) is 3.26. The molecule has 1 unspecified atom stereocenters. The topological polar surface area (TPSA) is 107 Å². The minimum absolute atomic E-state index is 0.0322. The minimum atomic E-state index is -0.463. The maximum atomic E-state index is 12.8. The van der Waals surface area contributed by atoms with E-state index in [9.17, 15) is 9.59 Å².